The van der Waals surface area contributed by atoms with E-state index >= 15 is 0 Å². The van der Waals surface area contributed by atoms with Gasteiger partial charge in [0.15, 0.2) is 0 Å². The fourth-order valence-electron chi connectivity index (χ4n) is 4.28. The molecule has 164 valence electrons. The Morgan fingerprint density at radius 2 is 1.88 bits per heavy atom. The summed E-state index contributed by atoms with van der Waals surface area (Å²) in [5.74, 6) is -0.399. The number of H-pyrrole nitrogens is 2. The van der Waals surface area contributed by atoms with E-state index in [-0.39, 0.29) is 25.0 Å². The van der Waals surface area contributed by atoms with E-state index in [1.807, 2.05) is 41.3 Å². The van der Waals surface area contributed by atoms with Gasteiger partial charge in [0.05, 0.1) is 20.2 Å². The molecule has 0 spiro atoms. The number of hydrogen-bond donors (Lipinski definition) is 2. The zero-order valence-electron chi connectivity index (χ0n) is 17.5. The van der Waals surface area contributed by atoms with Crippen molar-refractivity contribution >= 4 is 45.3 Å². The van der Waals surface area contributed by atoms with Crippen molar-refractivity contribution in [3.63, 3.8) is 0 Å². The fourth-order valence-corrected chi connectivity index (χ4v) is 4.46. The van der Waals surface area contributed by atoms with Gasteiger partial charge < -0.3 is 19.6 Å². The molecule has 2 N–H and O–H groups in total. The molecule has 4 aromatic rings. The first kappa shape index (κ1) is 20.5. The molecule has 1 aromatic carbocycles. The Labute approximate surface area is 189 Å². The molecule has 1 fully saturated rings. The number of amides is 1. The van der Waals surface area contributed by atoms with E-state index in [1.165, 1.54) is 7.11 Å². The maximum atomic E-state index is 13.0. The number of halogens is 1. The fraction of sp³-hybridized carbons (Fsp3) is 0.261. The Balaban J connectivity index is 1.36. The van der Waals surface area contributed by atoms with Crippen molar-refractivity contribution in [2.24, 2.45) is 0 Å². The SMILES string of the molecule is COC(=O)C1CN(Cc2cc3cnccc3[nH]2)C(=O)CN1Cc1cc2cc(Cl)ccc2[nH]1. The van der Waals surface area contributed by atoms with Gasteiger partial charge in [0.1, 0.15) is 6.04 Å². The molecule has 1 atom stereocenters. The third-order valence-corrected chi connectivity index (χ3v) is 6.08. The molecule has 3 aromatic heterocycles. The monoisotopic (exact) mass is 451 g/mol. The molecule has 0 saturated carbocycles. The molecule has 1 unspecified atom stereocenters. The standard InChI is InChI=1S/C23H22ClN5O3/c1-32-23(31)21-12-29(11-18-8-15-9-25-5-4-20(15)27-18)22(30)13-28(21)10-17-7-14-6-16(24)2-3-19(14)26-17/h2-9,21,26-27H,10-13H2,1H3. The van der Waals surface area contributed by atoms with Gasteiger partial charge in [0, 0.05) is 63.7 Å². The number of carbonyl (C=O) groups is 2. The molecular formula is C23H22ClN5O3. The van der Waals surface area contributed by atoms with Crippen LogP contribution < -0.4 is 0 Å². The van der Waals surface area contributed by atoms with Gasteiger partial charge >= 0.3 is 5.97 Å². The summed E-state index contributed by atoms with van der Waals surface area (Å²) in [4.78, 5) is 39.9. The number of carbonyl (C=O) groups excluding carboxylic acids is 2. The second kappa shape index (κ2) is 8.29. The van der Waals surface area contributed by atoms with Gasteiger partial charge in [0.25, 0.3) is 0 Å². The predicted octanol–water partition coefficient (Wildman–Crippen LogP) is 3.08. The summed E-state index contributed by atoms with van der Waals surface area (Å²) < 4.78 is 5.05. The lowest BCUT2D eigenvalue weighted by atomic mass is 10.1. The Hall–Kier alpha value is -3.36. The van der Waals surface area contributed by atoms with E-state index in [1.54, 1.807) is 17.3 Å². The number of fused-ring (bicyclic) bond motifs is 2. The third-order valence-electron chi connectivity index (χ3n) is 5.85. The van der Waals surface area contributed by atoms with Crippen LogP contribution >= 0.6 is 11.6 Å². The number of aromatic amines is 2. The average molecular weight is 452 g/mol. The first-order valence-electron chi connectivity index (χ1n) is 10.3. The highest BCUT2D eigenvalue weighted by Gasteiger charge is 2.37. The molecule has 0 radical (unpaired) electrons. The van der Waals surface area contributed by atoms with Gasteiger partial charge in [-0.05, 0) is 36.4 Å². The normalized spacial score (nSPS) is 17.4. The summed E-state index contributed by atoms with van der Waals surface area (Å²) >= 11 is 6.09. The van der Waals surface area contributed by atoms with E-state index in [0.717, 1.165) is 33.2 Å². The van der Waals surface area contributed by atoms with Crippen LogP contribution in [0.1, 0.15) is 11.4 Å². The lowest BCUT2D eigenvalue weighted by Gasteiger charge is -2.39. The van der Waals surface area contributed by atoms with Crippen LogP contribution in [0.25, 0.3) is 21.8 Å². The number of hydrogen-bond acceptors (Lipinski definition) is 5. The van der Waals surface area contributed by atoms with E-state index in [9.17, 15) is 9.59 Å². The summed E-state index contributed by atoms with van der Waals surface area (Å²) in [5.41, 5.74) is 3.72. The summed E-state index contributed by atoms with van der Waals surface area (Å²) in [6.45, 7) is 1.19. The van der Waals surface area contributed by atoms with Crippen LogP contribution in [0, 0.1) is 0 Å². The highest BCUT2D eigenvalue weighted by Crippen LogP contribution is 2.23. The molecular weight excluding hydrogens is 430 g/mol. The van der Waals surface area contributed by atoms with E-state index in [2.05, 4.69) is 15.0 Å². The molecule has 9 heteroatoms. The number of benzene rings is 1. The second-order valence-electron chi connectivity index (χ2n) is 8.00. The number of nitrogens with zero attached hydrogens (tertiary/aromatic N) is 3. The quantitative estimate of drug-likeness (QED) is 0.455. The minimum Gasteiger partial charge on any atom is -0.468 e. The van der Waals surface area contributed by atoms with E-state index in [0.29, 0.717) is 18.1 Å². The van der Waals surface area contributed by atoms with Crippen LogP contribution in [0.4, 0.5) is 0 Å². The highest BCUT2D eigenvalue weighted by atomic mass is 35.5. The molecule has 1 amide bonds. The Kier molecular flexibility index (Phi) is 5.32. The van der Waals surface area contributed by atoms with Crippen LogP contribution in [-0.2, 0) is 27.4 Å². The van der Waals surface area contributed by atoms with Crippen molar-refractivity contribution in [1.29, 1.82) is 0 Å². The van der Waals surface area contributed by atoms with E-state index in [4.69, 9.17) is 16.3 Å². The molecule has 4 heterocycles. The molecule has 1 aliphatic heterocycles. The largest absolute Gasteiger partial charge is 0.468 e. The van der Waals surface area contributed by atoms with Gasteiger partial charge in [-0.1, -0.05) is 11.6 Å². The maximum Gasteiger partial charge on any atom is 0.324 e. The average Bonchev–Trinajstić information content (AvgIpc) is 3.37. The van der Waals surface area contributed by atoms with Crippen molar-refractivity contribution in [2.75, 3.05) is 20.2 Å². The number of pyridine rings is 1. The summed E-state index contributed by atoms with van der Waals surface area (Å²) in [6, 6.07) is 10.9. The lowest BCUT2D eigenvalue weighted by Crippen LogP contribution is -2.58. The first-order chi connectivity index (χ1) is 15.5. The summed E-state index contributed by atoms with van der Waals surface area (Å²) in [5, 5.41) is 2.63. The first-order valence-corrected chi connectivity index (χ1v) is 10.7. The summed E-state index contributed by atoms with van der Waals surface area (Å²) in [6.07, 6.45) is 3.50. The van der Waals surface area contributed by atoms with Crippen LogP contribution in [0.5, 0.6) is 0 Å². The molecule has 8 nitrogen and oxygen atoms in total. The zero-order chi connectivity index (χ0) is 22.2. The number of esters is 1. The van der Waals surface area contributed by atoms with Crippen LogP contribution in [-0.4, -0.2) is 62.9 Å². The maximum absolute atomic E-state index is 13.0. The molecule has 1 saturated heterocycles. The molecule has 0 aliphatic carbocycles. The highest BCUT2D eigenvalue weighted by molar-refractivity contribution is 6.31. The second-order valence-corrected chi connectivity index (χ2v) is 8.44. The topological polar surface area (TPSA) is 94.3 Å². The number of aromatic nitrogens is 3. The minimum absolute atomic E-state index is 0.0407. The molecule has 1 aliphatic rings. The smallest absolute Gasteiger partial charge is 0.324 e. The number of methoxy groups -OCH3 is 1. The molecule has 5 rings (SSSR count). The van der Waals surface area contributed by atoms with Gasteiger partial charge in [-0.15, -0.1) is 0 Å². The van der Waals surface area contributed by atoms with Crippen molar-refractivity contribution in [3.8, 4) is 0 Å². The number of rotatable bonds is 5. The van der Waals surface area contributed by atoms with Crippen LogP contribution in [0.15, 0.2) is 48.8 Å². The van der Waals surface area contributed by atoms with Gasteiger partial charge in [-0.3, -0.25) is 19.5 Å². The zero-order valence-corrected chi connectivity index (χ0v) is 18.2. The number of piperazine rings is 1. The minimum atomic E-state index is -0.557. The number of ether oxygens (including phenoxy) is 1. The lowest BCUT2D eigenvalue weighted by molar-refractivity contribution is -0.155. The van der Waals surface area contributed by atoms with Gasteiger partial charge in [-0.2, -0.15) is 0 Å². The van der Waals surface area contributed by atoms with Gasteiger partial charge in [0.2, 0.25) is 5.91 Å². The predicted molar refractivity (Wildman–Crippen MR) is 121 cm³/mol. The van der Waals surface area contributed by atoms with Crippen molar-refractivity contribution < 1.29 is 14.3 Å². The Morgan fingerprint density at radius 1 is 1.12 bits per heavy atom. The number of nitrogens with one attached hydrogen (secondary N) is 2. The van der Waals surface area contributed by atoms with Crippen LogP contribution in [0.2, 0.25) is 5.02 Å². The Morgan fingerprint density at radius 3 is 2.66 bits per heavy atom. The van der Waals surface area contributed by atoms with Crippen molar-refractivity contribution in [3.05, 3.63) is 65.2 Å². The molecule has 0 bridgehead atoms. The Bertz CT molecular complexity index is 1280. The van der Waals surface area contributed by atoms with Crippen LogP contribution in [0.3, 0.4) is 0 Å². The van der Waals surface area contributed by atoms with Gasteiger partial charge in [-0.25, -0.2) is 0 Å². The van der Waals surface area contributed by atoms with Crippen molar-refractivity contribution in [2.45, 2.75) is 19.1 Å². The van der Waals surface area contributed by atoms with Crippen molar-refractivity contribution in [1.82, 2.24) is 24.8 Å². The summed E-state index contributed by atoms with van der Waals surface area (Å²) in [7, 11) is 1.37. The van der Waals surface area contributed by atoms with E-state index < -0.39 is 6.04 Å². The molecule has 32 heavy (non-hydrogen) atoms. The third kappa shape index (κ3) is 3.94.